The van der Waals surface area contributed by atoms with Crippen LogP contribution in [0.15, 0.2) is 182 Å². The van der Waals surface area contributed by atoms with E-state index >= 15 is 0 Å². The van der Waals surface area contributed by atoms with Crippen LogP contribution in [0.2, 0.25) is 0 Å². The van der Waals surface area contributed by atoms with Crippen molar-refractivity contribution in [2.75, 3.05) is 0 Å². The maximum atomic E-state index is 3.63. The first kappa shape index (κ1) is 42.8. The van der Waals surface area contributed by atoms with Gasteiger partial charge in [-0.1, -0.05) is 157 Å². The summed E-state index contributed by atoms with van der Waals surface area (Å²) < 4.78 is 0. The summed E-state index contributed by atoms with van der Waals surface area (Å²) in [6.45, 7) is 0. The summed E-state index contributed by atoms with van der Waals surface area (Å²) in [5.41, 5.74) is 15.2. The van der Waals surface area contributed by atoms with Crippen LogP contribution in [-0.2, 0) is 21.7 Å². The number of hydrogen-bond donors (Lipinski definition) is 0. The minimum Gasteiger partial charge on any atom is -0.0622 e. The predicted molar refractivity (Wildman–Crippen MR) is 285 cm³/mol. The molecule has 338 valence electrons. The average molecular weight is 899 g/mol. The van der Waals surface area contributed by atoms with E-state index in [-0.39, 0.29) is 21.7 Å². The maximum absolute atomic E-state index is 3.63. The van der Waals surface area contributed by atoms with Gasteiger partial charge in [-0.25, -0.2) is 0 Å². The highest BCUT2D eigenvalue weighted by Gasteiger charge is 2.61. The zero-order valence-corrected chi connectivity index (χ0v) is 40.1. The van der Waals surface area contributed by atoms with E-state index in [1.807, 2.05) is 12.1 Å². The van der Waals surface area contributed by atoms with Gasteiger partial charge in [-0.05, 0) is 217 Å². The minimum atomic E-state index is 0.151. The fraction of sp³-hybridized carbons (Fsp3) is 0.286. The van der Waals surface area contributed by atoms with Crippen LogP contribution in [0, 0.1) is 71.0 Å². The summed E-state index contributed by atoms with van der Waals surface area (Å²) in [5.74, 6) is 31.2. The first-order chi connectivity index (χ1) is 34.4. The lowest BCUT2D eigenvalue weighted by molar-refractivity contribution is -0.0309. The molecule has 8 aliphatic rings. The third-order valence-electron chi connectivity index (χ3n) is 17.9. The second kappa shape index (κ2) is 17.3. The Bertz CT molecular complexity index is 3130. The molecule has 0 spiro atoms. The molecule has 4 atom stereocenters. The van der Waals surface area contributed by atoms with Crippen LogP contribution in [-0.4, -0.2) is 0 Å². The lowest BCUT2D eigenvalue weighted by atomic mass is 9.40. The Labute approximate surface area is 416 Å². The second-order valence-corrected chi connectivity index (χ2v) is 22.6. The van der Waals surface area contributed by atoms with Gasteiger partial charge in [0.05, 0.1) is 0 Å². The Morgan fingerprint density at radius 2 is 0.543 bits per heavy atom. The van der Waals surface area contributed by atoms with Crippen molar-refractivity contribution >= 4 is 0 Å². The zero-order chi connectivity index (χ0) is 46.6. The van der Waals surface area contributed by atoms with Gasteiger partial charge in [-0.3, -0.25) is 0 Å². The Hall–Kier alpha value is -7.22. The van der Waals surface area contributed by atoms with Gasteiger partial charge in [0.25, 0.3) is 0 Å². The van der Waals surface area contributed by atoms with Gasteiger partial charge in [0.2, 0.25) is 0 Å². The fourth-order valence-corrected chi connectivity index (χ4v) is 15.9. The Morgan fingerprint density at radius 1 is 0.257 bits per heavy atom. The standard InChI is InChI=1S/C70H58/c1-5-14-51(15-6-1)24-28-59-32-34-65(38-61(59)30-26-53-18-9-3-10-19-53)69-45-55-36-56(46-69)42-67(41-55,49-69)63-22-13-23-64(40-63)68-43-57-37-58(44-68)48-70(47-57,50-68)66-35-33-60(29-25-52-16-7-2-8-17-52)62(39-66)31-27-54-20-11-4-12-21-54/h1-23,32-35,38-40,55-58H,36-37,41-50H2. The van der Waals surface area contributed by atoms with Crippen LogP contribution >= 0.6 is 0 Å². The molecule has 8 aliphatic carbocycles. The van der Waals surface area contributed by atoms with E-state index in [9.17, 15) is 0 Å². The van der Waals surface area contributed by atoms with Crippen LogP contribution in [0.25, 0.3) is 0 Å². The molecule has 8 saturated carbocycles. The molecule has 0 amide bonds. The Kier molecular flexibility index (Phi) is 10.6. The summed E-state index contributed by atoms with van der Waals surface area (Å²) >= 11 is 0. The minimum absolute atomic E-state index is 0.151. The molecule has 0 saturated heterocycles. The van der Waals surface area contributed by atoms with E-state index in [4.69, 9.17) is 0 Å². The molecular weight excluding hydrogens is 841 g/mol. The SMILES string of the molecule is C(#Cc1ccc(C23CC4CC(CC(c5cccc(C67CC8CC(C6)CC(c6ccc(C#Cc9ccccc9)c(C#Cc9ccccc9)c6)(C8)C7)c5)(C4)C2)C3)cc1C#Cc1ccccc1)c1ccccc1. The van der Waals surface area contributed by atoms with E-state index in [0.29, 0.717) is 0 Å². The first-order valence-corrected chi connectivity index (χ1v) is 26.1. The molecule has 15 rings (SSSR count). The average Bonchev–Trinajstić information content (AvgIpc) is 3.39. The summed E-state index contributed by atoms with van der Waals surface area (Å²) in [4.78, 5) is 0. The van der Waals surface area contributed by atoms with Gasteiger partial charge in [0.15, 0.2) is 0 Å². The molecule has 0 heteroatoms. The number of hydrogen-bond acceptors (Lipinski definition) is 0. The molecule has 7 aromatic rings. The van der Waals surface area contributed by atoms with Crippen LogP contribution < -0.4 is 0 Å². The maximum Gasteiger partial charge on any atom is 0.0408 e. The third-order valence-corrected chi connectivity index (χ3v) is 17.9. The molecule has 8 fully saturated rings. The smallest absolute Gasteiger partial charge is 0.0408 e. The summed E-state index contributed by atoms with van der Waals surface area (Å²) in [5, 5.41) is 0. The van der Waals surface area contributed by atoms with Crippen molar-refractivity contribution in [3.8, 4) is 47.4 Å². The van der Waals surface area contributed by atoms with Gasteiger partial charge in [-0.2, -0.15) is 0 Å². The fourth-order valence-electron chi connectivity index (χ4n) is 15.9. The molecule has 0 aliphatic heterocycles. The first-order valence-electron chi connectivity index (χ1n) is 26.1. The van der Waals surface area contributed by atoms with Gasteiger partial charge in [0.1, 0.15) is 0 Å². The van der Waals surface area contributed by atoms with Crippen LogP contribution in [0.1, 0.15) is 144 Å². The second-order valence-electron chi connectivity index (χ2n) is 22.6. The normalized spacial score (nSPS) is 28.2. The number of benzene rings is 7. The molecule has 8 bridgehead atoms. The Morgan fingerprint density at radius 3 is 0.857 bits per heavy atom. The van der Waals surface area contributed by atoms with E-state index in [1.165, 1.54) is 88.2 Å². The van der Waals surface area contributed by atoms with Gasteiger partial charge in [0, 0.05) is 44.5 Å². The number of rotatable bonds is 4. The topological polar surface area (TPSA) is 0 Å². The molecule has 0 nitrogen and oxygen atoms in total. The van der Waals surface area contributed by atoms with Gasteiger partial charge >= 0.3 is 0 Å². The molecule has 0 radical (unpaired) electrons. The quantitative estimate of drug-likeness (QED) is 0.154. The van der Waals surface area contributed by atoms with E-state index in [1.54, 1.807) is 11.1 Å². The highest BCUT2D eigenvalue weighted by Crippen LogP contribution is 2.69. The Balaban J connectivity index is 0.840. The van der Waals surface area contributed by atoms with Crippen LogP contribution in [0.5, 0.6) is 0 Å². The van der Waals surface area contributed by atoms with Crippen LogP contribution in [0.3, 0.4) is 0 Å². The van der Waals surface area contributed by atoms with Crippen molar-refractivity contribution in [1.82, 2.24) is 0 Å². The van der Waals surface area contributed by atoms with Crippen molar-refractivity contribution in [2.45, 2.75) is 98.7 Å². The largest absolute Gasteiger partial charge is 0.0622 e. The van der Waals surface area contributed by atoms with Crippen molar-refractivity contribution in [1.29, 1.82) is 0 Å². The molecule has 7 aromatic carbocycles. The van der Waals surface area contributed by atoms with E-state index in [0.717, 1.165) is 68.2 Å². The molecule has 0 aromatic heterocycles. The highest BCUT2D eigenvalue weighted by molar-refractivity contribution is 5.59. The van der Waals surface area contributed by atoms with Crippen molar-refractivity contribution in [3.05, 3.63) is 249 Å². The summed E-state index contributed by atoms with van der Waals surface area (Å²) in [6, 6.07) is 66.2. The van der Waals surface area contributed by atoms with Crippen LogP contribution in [0.4, 0.5) is 0 Å². The predicted octanol–water partition coefficient (Wildman–Crippen LogP) is 14.9. The molecule has 4 unspecified atom stereocenters. The molecule has 0 N–H and O–H groups in total. The summed E-state index contributed by atoms with van der Waals surface area (Å²) in [7, 11) is 0. The van der Waals surface area contributed by atoms with Gasteiger partial charge in [-0.15, -0.1) is 0 Å². The van der Waals surface area contributed by atoms with Gasteiger partial charge < -0.3 is 0 Å². The van der Waals surface area contributed by atoms with E-state index < -0.39 is 0 Å². The lowest BCUT2D eigenvalue weighted by Gasteiger charge is -2.64. The van der Waals surface area contributed by atoms with E-state index in [2.05, 4.69) is 217 Å². The summed E-state index contributed by atoms with van der Waals surface area (Å²) in [6.07, 6.45) is 15.7. The lowest BCUT2D eigenvalue weighted by Crippen LogP contribution is -2.56. The van der Waals surface area contributed by atoms with Crippen molar-refractivity contribution < 1.29 is 0 Å². The zero-order valence-electron chi connectivity index (χ0n) is 40.1. The molecule has 0 heterocycles. The van der Waals surface area contributed by atoms with Crippen molar-refractivity contribution in [3.63, 3.8) is 0 Å². The third kappa shape index (κ3) is 8.00. The highest BCUT2D eigenvalue weighted by atomic mass is 14.6. The van der Waals surface area contributed by atoms with Crippen molar-refractivity contribution in [2.24, 2.45) is 23.7 Å². The molecular formula is C70H58. The molecule has 70 heavy (non-hydrogen) atoms. The monoisotopic (exact) mass is 898 g/mol.